The van der Waals surface area contributed by atoms with Crippen LogP contribution in [0, 0.1) is 41.5 Å². The molecule has 6 heterocycles. The van der Waals surface area contributed by atoms with E-state index in [0.717, 1.165) is 40.1 Å². The molecule has 0 bridgehead atoms. The molecule has 0 saturated heterocycles. The minimum Gasteiger partial charge on any atom is -0.425 e. The summed E-state index contributed by atoms with van der Waals surface area (Å²) in [6.07, 6.45) is 0. The summed E-state index contributed by atoms with van der Waals surface area (Å²) in [5, 5.41) is 37.2. The van der Waals surface area contributed by atoms with Gasteiger partial charge in [-0.1, -0.05) is 145 Å². The summed E-state index contributed by atoms with van der Waals surface area (Å²) in [5.41, 5.74) is 3.70. The Morgan fingerprint density at radius 2 is 0.933 bits per heavy atom. The molecule has 6 aromatic heterocycles. The fourth-order valence-corrected chi connectivity index (χ4v) is 4.54. The Hall–Kier alpha value is -5.16. The zero-order chi connectivity index (χ0) is 46.7. The predicted molar refractivity (Wildman–Crippen MR) is 226 cm³/mol. The lowest BCUT2D eigenvalue weighted by atomic mass is 9.91. The van der Waals surface area contributed by atoms with Gasteiger partial charge in [-0.05, 0) is 27.7 Å². The molecule has 0 aromatic carbocycles. The molecule has 0 spiro atoms. The van der Waals surface area contributed by atoms with E-state index in [2.05, 4.69) is 149 Å². The van der Waals surface area contributed by atoms with E-state index < -0.39 is 0 Å². The topological polar surface area (TPSA) is 234 Å². The molecule has 0 radical (unpaired) electrons. The van der Waals surface area contributed by atoms with E-state index in [4.69, 9.17) is 22.5 Å². The standard InChI is InChI=1S/6C7H12N2O/c1-5-8-9-6(10-5)7(2,3)4;1-5-8-6(9-10-5)7(2,3)4;1-5-8-6(10-9-5)7(2,3)4;1-5-6(7(2,3)4)8-9-10-5;1-5-6(7(2,3)4)10-9-8-5;1-5-6(7(2,3)4)9-10-8-5/h6*1-4H3. The van der Waals surface area contributed by atoms with Crippen molar-refractivity contribution in [3.8, 4) is 0 Å². The first-order valence-corrected chi connectivity index (χ1v) is 19.9. The molecule has 0 unspecified atom stereocenters. The van der Waals surface area contributed by atoms with Gasteiger partial charge >= 0.3 is 0 Å². The predicted octanol–water partition coefficient (Wildman–Crippen LogP) is 10.1. The third kappa shape index (κ3) is 18.4. The number of nitrogens with zero attached hydrogens (tertiary/aromatic N) is 12. The first kappa shape index (κ1) is 52.9. The lowest BCUT2D eigenvalue weighted by molar-refractivity contribution is 0.295. The molecule has 0 N–H and O–H groups in total. The van der Waals surface area contributed by atoms with E-state index >= 15 is 0 Å². The van der Waals surface area contributed by atoms with Crippen molar-refractivity contribution in [2.24, 2.45) is 0 Å². The second kappa shape index (κ2) is 20.9. The molecule has 0 aliphatic carbocycles. The molecule has 18 heteroatoms. The molecule has 6 rings (SSSR count). The van der Waals surface area contributed by atoms with E-state index in [1.807, 2.05) is 69.2 Å². The molecule has 60 heavy (non-hydrogen) atoms. The van der Waals surface area contributed by atoms with E-state index in [9.17, 15) is 0 Å². The highest BCUT2D eigenvalue weighted by atomic mass is 16.6. The van der Waals surface area contributed by atoms with Gasteiger partial charge in [0.25, 0.3) is 0 Å². The summed E-state index contributed by atoms with van der Waals surface area (Å²) >= 11 is 0. The Morgan fingerprint density at radius 1 is 0.383 bits per heavy atom. The van der Waals surface area contributed by atoms with E-state index in [0.29, 0.717) is 29.4 Å². The van der Waals surface area contributed by atoms with Gasteiger partial charge in [-0.3, -0.25) is 0 Å². The van der Waals surface area contributed by atoms with Gasteiger partial charge in [0.1, 0.15) is 22.8 Å². The van der Waals surface area contributed by atoms with Crippen LogP contribution in [0.15, 0.2) is 27.1 Å². The van der Waals surface area contributed by atoms with Gasteiger partial charge in [-0.25, -0.2) is 4.63 Å². The number of hydrogen-bond acceptors (Lipinski definition) is 18. The van der Waals surface area contributed by atoms with Crippen molar-refractivity contribution in [1.29, 1.82) is 0 Å². The molecular formula is C42H72N12O6. The Balaban J connectivity index is 0.000000360. The van der Waals surface area contributed by atoms with Crippen LogP contribution in [-0.2, 0) is 32.5 Å². The molecule has 0 fully saturated rings. The second-order valence-corrected chi connectivity index (χ2v) is 20.5. The second-order valence-electron chi connectivity index (χ2n) is 20.5. The van der Waals surface area contributed by atoms with E-state index in [-0.39, 0.29) is 32.5 Å². The number of aryl methyl sites for hydroxylation is 6. The lowest BCUT2D eigenvalue weighted by Gasteiger charge is -2.13. The van der Waals surface area contributed by atoms with Crippen LogP contribution < -0.4 is 0 Å². The molecule has 0 aliphatic rings. The highest BCUT2D eigenvalue weighted by Crippen LogP contribution is 2.25. The molecule has 6 aromatic rings. The molecule has 0 amide bonds. The van der Waals surface area contributed by atoms with Crippen molar-refractivity contribution in [3.05, 3.63) is 69.5 Å². The Morgan fingerprint density at radius 3 is 1.13 bits per heavy atom. The van der Waals surface area contributed by atoms with Crippen LogP contribution >= 0.6 is 0 Å². The van der Waals surface area contributed by atoms with Crippen LogP contribution in [0.25, 0.3) is 0 Å². The number of aromatic nitrogens is 12. The Labute approximate surface area is 356 Å². The van der Waals surface area contributed by atoms with Gasteiger partial charge in [0.15, 0.2) is 23.2 Å². The van der Waals surface area contributed by atoms with E-state index in [1.165, 1.54) is 0 Å². The fraction of sp³-hybridized carbons (Fsp3) is 0.714. The average molecular weight is 841 g/mol. The smallest absolute Gasteiger partial charge is 0.232 e. The third-order valence-corrected chi connectivity index (χ3v) is 7.59. The molecule has 0 atom stereocenters. The lowest BCUT2D eigenvalue weighted by Crippen LogP contribution is -2.13. The molecule has 18 nitrogen and oxygen atoms in total. The maximum Gasteiger partial charge on any atom is 0.232 e. The molecule has 0 saturated carbocycles. The first-order chi connectivity index (χ1) is 27.0. The summed E-state index contributed by atoms with van der Waals surface area (Å²) in [6.45, 7) is 48.2. The van der Waals surface area contributed by atoms with Gasteiger partial charge in [-0.2, -0.15) is 9.97 Å². The van der Waals surface area contributed by atoms with Crippen LogP contribution in [-0.4, -0.2) is 61.5 Å². The van der Waals surface area contributed by atoms with Crippen LogP contribution in [0.3, 0.4) is 0 Å². The largest absolute Gasteiger partial charge is 0.425 e. The van der Waals surface area contributed by atoms with Crippen molar-refractivity contribution in [3.63, 3.8) is 0 Å². The average Bonchev–Trinajstić information content (AvgIpc) is 3.90. The summed E-state index contributed by atoms with van der Waals surface area (Å²) in [4.78, 5) is 8.21. The van der Waals surface area contributed by atoms with Crippen molar-refractivity contribution in [2.45, 2.75) is 199 Å². The summed E-state index contributed by atoms with van der Waals surface area (Å²) < 4.78 is 29.4. The normalized spacial score (nSPS) is 12.0. The summed E-state index contributed by atoms with van der Waals surface area (Å²) in [7, 11) is 0. The Bertz CT molecular complexity index is 1870. The van der Waals surface area contributed by atoms with Crippen molar-refractivity contribution < 1.29 is 27.1 Å². The third-order valence-electron chi connectivity index (χ3n) is 7.59. The van der Waals surface area contributed by atoms with Crippen molar-refractivity contribution in [1.82, 2.24) is 61.5 Å². The minimum absolute atomic E-state index is 0.00222. The Kier molecular flexibility index (Phi) is 18.4. The highest BCUT2D eigenvalue weighted by Gasteiger charge is 2.24. The molecule has 336 valence electrons. The number of hydrogen-bond donors (Lipinski definition) is 0. The SMILES string of the molecule is Cc1nc(C(C)(C)C)no1.Cc1nnc(C(C)(C)C)o1.Cc1nnoc1C(C)(C)C.Cc1noc(C(C)(C)C)n1.Cc1nonc1C(C)(C)C.Cc1onnc1C(C)(C)C. The summed E-state index contributed by atoms with van der Waals surface area (Å²) in [6, 6.07) is 0. The number of rotatable bonds is 0. The summed E-state index contributed by atoms with van der Waals surface area (Å²) in [5.74, 6) is 5.81. The van der Waals surface area contributed by atoms with Crippen LogP contribution in [0.4, 0.5) is 0 Å². The fourth-order valence-electron chi connectivity index (χ4n) is 4.54. The maximum atomic E-state index is 5.23. The van der Waals surface area contributed by atoms with Gasteiger partial charge in [0.2, 0.25) is 23.6 Å². The van der Waals surface area contributed by atoms with Gasteiger partial charge in [0.05, 0.1) is 0 Å². The quantitative estimate of drug-likeness (QED) is 0.138. The molecular weight excluding hydrogens is 769 g/mol. The monoisotopic (exact) mass is 841 g/mol. The van der Waals surface area contributed by atoms with Crippen LogP contribution in [0.2, 0.25) is 0 Å². The molecule has 0 aliphatic heterocycles. The zero-order valence-electron chi connectivity index (χ0n) is 40.8. The maximum absolute atomic E-state index is 5.23. The zero-order valence-corrected chi connectivity index (χ0v) is 40.8. The highest BCUT2D eigenvalue weighted by molar-refractivity contribution is 5.15. The minimum atomic E-state index is -0.0265. The van der Waals surface area contributed by atoms with Crippen LogP contribution in [0.1, 0.15) is 194 Å². The van der Waals surface area contributed by atoms with Crippen molar-refractivity contribution in [2.75, 3.05) is 0 Å². The van der Waals surface area contributed by atoms with Crippen LogP contribution in [0.5, 0.6) is 0 Å². The van der Waals surface area contributed by atoms with Gasteiger partial charge in [0, 0.05) is 56.9 Å². The van der Waals surface area contributed by atoms with Gasteiger partial charge < -0.3 is 22.5 Å². The van der Waals surface area contributed by atoms with E-state index in [1.54, 1.807) is 13.8 Å². The van der Waals surface area contributed by atoms with Gasteiger partial charge in [-0.15, -0.1) is 20.4 Å². The van der Waals surface area contributed by atoms with Crippen molar-refractivity contribution >= 4 is 0 Å². The first-order valence-electron chi connectivity index (χ1n) is 19.9.